The summed E-state index contributed by atoms with van der Waals surface area (Å²) in [6.45, 7) is 3.43. The fraction of sp³-hybridized carbons (Fsp3) is 0.261. The SMILES string of the molecule is CC1(C)C=CC=CN1S(=O)(=O)c1ccc(Oc2cc(F)cc(C#N)c2)c2c1[C@H](O)[C@H](F)C2. The van der Waals surface area contributed by atoms with Crippen molar-refractivity contribution in [1.29, 1.82) is 5.26 Å². The number of ether oxygens (including phenoxy) is 1. The van der Waals surface area contributed by atoms with Gasteiger partial charge in [0.05, 0.1) is 22.1 Å². The van der Waals surface area contributed by atoms with Gasteiger partial charge in [-0.05, 0) is 44.2 Å². The van der Waals surface area contributed by atoms with Crippen molar-refractivity contribution in [3.05, 3.63) is 77.3 Å². The molecule has 0 spiro atoms. The summed E-state index contributed by atoms with van der Waals surface area (Å²) in [5, 5.41) is 19.5. The highest BCUT2D eigenvalue weighted by Gasteiger charge is 2.42. The van der Waals surface area contributed by atoms with E-state index in [1.54, 1.807) is 32.1 Å². The van der Waals surface area contributed by atoms with Crippen LogP contribution in [0.25, 0.3) is 0 Å². The van der Waals surface area contributed by atoms with Crippen LogP contribution in [0.3, 0.4) is 0 Å². The molecule has 2 aromatic rings. The highest BCUT2D eigenvalue weighted by molar-refractivity contribution is 7.89. The Kier molecular flexibility index (Phi) is 5.31. The third kappa shape index (κ3) is 3.66. The highest BCUT2D eigenvalue weighted by atomic mass is 32.2. The van der Waals surface area contributed by atoms with E-state index in [-0.39, 0.29) is 39.5 Å². The van der Waals surface area contributed by atoms with Gasteiger partial charge < -0.3 is 9.84 Å². The van der Waals surface area contributed by atoms with Crippen molar-refractivity contribution in [3.8, 4) is 17.6 Å². The van der Waals surface area contributed by atoms with Crippen molar-refractivity contribution in [2.45, 2.75) is 43.0 Å². The van der Waals surface area contributed by atoms with Crippen molar-refractivity contribution in [2.24, 2.45) is 0 Å². The molecule has 0 saturated carbocycles. The first-order chi connectivity index (χ1) is 15.0. The molecule has 1 aliphatic carbocycles. The van der Waals surface area contributed by atoms with Gasteiger partial charge in [-0.3, -0.25) is 4.31 Å². The van der Waals surface area contributed by atoms with Crippen LogP contribution in [0, 0.1) is 17.1 Å². The lowest BCUT2D eigenvalue weighted by Crippen LogP contribution is -2.44. The lowest BCUT2D eigenvalue weighted by molar-refractivity contribution is 0.0906. The lowest BCUT2D eigenvalue weighted by atomic mass is 10.0. The van der Waals surface area contributed by atoms with Crippen LogP contribution in [0.1, 0.15) is 36.6 Å². The zero-order valence-electron chi connectivity index (χ0n) is 17.3. The number of benzene rings is 2. The van der Waals surface area contributed by atoms with Gasteiger partial charge in [0.25, 0.3) is 10.0 Å². The second kappa shape index (κ2) is 7.73. The number of hydrogen-bond donors (Lipinski definition) is 1. The normalized spacial score (nSPS) is 21.3. The number of fused-ring (bicyclic) bond motifs is 1. The van der Waals surface area contributed by atoms with Crippen LogP contribution in [-0.4, -0.2) is 29.5 Å². The minimum Gasteiger partial charge on any atom is -0.457 e. The predicted octanol–water partition coefficient (Wildman–Crippen LogP) is 4.27. The van der Waals surface area contributed by atoms with Crippen LogP contribution >= 0.6 is 0 Å². The van der Waals surface area contributed by atoms with Gasteiger partial charge in [-0.1, -0.05) is 12.2 Å². The molecule has 4 rings (SSSR count). The molecule has 2 aliphatic rings. The number of allylic oxidation sites excluding steroid dienone is 2. The predicted molar refractivity (Wildman–Crippen MR) is 113 cm³/mol. The van der Waals surface area contributed by atoms with Gasteiger partial charge in [-0.25, -0.2) is 17.2 Å². The molecule has 6 nitrogen and oxygen atoms in total. The molecule has 0 radical (unpaired) electrons. The molecule has 2 atom stereocenters. The molecule has 166 valence electrons. The molecule has 2 aromatic carbocycles. The smallest absolute Gasteiger partial charge is 0.264 e. The number of nitrogens with zero attached hydrogens (tertiary/aromatic N) is 2. The van der Waals surface area contributed by atoms with Gasteiger partial charge in [0.15, 0.2) is 0 Å². The van der Waals surface area contributed by atoms with Gasteiger partial charge in [-0.15, -0.1) is 0 Å². The Balaban J connectivity index is 1.82. The van der Waals surface area contributed by atoms with Gasteiger partial charge >= 0.3 is 0 Å². The van der Waals surface area contributed by atoms with Crippen LogP contribution in [0.2, 0.25) is 0 Å². The van der Waals surface area contributed by atoms with E-state index < -0.39 is 33.7 Å². The van der Waals surface area contributed by atoms with Crippen molar-refractivity contribution in [2.75, 3.05) is 0 Å². The number of sulfonamides is 1. The Morgan fingerprint density at radius 3 is 2.69 bits per heavy atom. The van der Waals surface area contributed by atoms with Crippen LogP contribution in [0.15, 0.2) is 59.7 Å². The Morgan fingerprint density at radius 2 is 2.00 bits per heavy atom. The second-order valence-electron chi connectivity index (χ2n) is 8.16. The molecule has 0 aromatic heterocycles. The van der Waals surface area contributed by atoms with Crippen molar-refractivity contribution >= 4 is 10.0 Å². The van der Waals surface area contributed by atoms with Crippen molar-refractivity contribution in [1.82, 2.24) is 4.31 Å². The molecular formula is C23H20F2N2O4S. The fourth-order valence-corrected chi connectivity index (χ4v) is 5.84. The zero-order valence-corrected chi connectivity index (χ0v) is 18.1. The Hall–Kier alpha value is -3.22. The van der Waals surface area contributed by atoms with Crippen molar-refractivity contribution < 1.29 is 27.0 Å². The van der Waals surface area contributed by atoms with Gasteiger partial charge in [0, 0.05) is 29.8 Å². The third-order valence-corrected chi connectivity index (χ3v) is 7.50. The first-order valence-electron chi connectivity index (χ1n) is 9.81. The van der Waals surface area contributed by atoms with E-state index >= 15 is 0 Å². The Labute approximate surface area is 184 Å². The minimum absolute atomic E-state index is 0.00129. The molecule has 1 aliphatic heterocycles. The Morgan fingerprint density at radius 1 is 1.25 bits per heavy atom. The molecule has 32 heavy (non-hydrogen) atoms. The summed E-state index contributed by atoms with van der Waals surface area (Å²) in [7, 11) is -4.15. The standard InChI is InChI=1S/C23H20F2N2O4S/c1-23(2)7-3-4-8-27(23)32(29,30)20-6-5-19(17-12-18(25)22(28)21(17)20)31-16-10-14(13-26)9-15(24)11-16/h3-11,18,22,28H,12H2,1-2H3/t18-,22-/m1/s1. The van der Waals surface area contributed by atoms with Crippen LogP contribution in [0.5, 0.6) is 11.5 Å². The first kappa shape index (κ1) is 22.0. The molecule has 0 amide bonds. The number of nitriles is 1. The van der Waals surface area contributed by atoms with Crippen LogP contribution in [-0.2, 0) is 16.4 Å². The van der Waals surface area contributed by atoms with E-state index in [4.69, 9.17) is 10.00 Å². The highest BCUT2D eigenvalue weighted by Crippen LogP contribution is 2.45. The number of rotatable bonds is 4. The van der Waals surface area contributed by atoms with Crippen molar-refractivity contribution in [3.63, 3.8) is 0 Å². The van der Waals surface area contributed by atoms with Gasteiger partial charge in [-0.2, -0.15) is 5.26 Å². The Bertz CT molecular complexity index is 1300. The summed E-state index contributed by atoms with van der Waals surface area (Å²) < 4.78 is 62.2. The summed E-state index contributed by atoms with van der Waals surface area (Å²) in [6, 6.07) is 7.82. The second-order valence-corrected chi connectivity index (χ2v) is 9.95. The van der Waals surface area contributed by atoms with E-state index in [9.17, 15) is 22.3 Å². The first-order valence-corrected chi connectivity index (χ1v) is 11.3. The number of hydrogen-bond acceptors (Lipinski definition) is 5. The summed E-state index contributed by atoms with van der Waals surface area (Å²) in [6.07, 6.45) is 2.78. The van der Waals surface area contributed by atoms with Gasteiger partial charge in [0.1, 0.15) is 29.6 Å². The number of halogens is 2. The lowest BCUT2D eigenvalue weighted by Gasteiger charge is -2.36. The van der Waals surface area contributed by atoms with Crippen LogP contribution < -0.4 is 4.74 Å². The quantitative estimate of drug-likeness (QED) is 0.739. The zero-order chi connectivity index (χ0) is 23.3. The molecule has 0 bridgehead atoms. The maximum absolute atomic E-state index is 14.5. The average Bonchev–Trinajstić information content (AvgIpc) is 3.02. The van der Waals surface area contributed by atoms with E-state index in [1.165, 1.54) is 24.4 Å². The summed E-state index contributed by atoms with van der Waals surface area (Å²) in [5.41, 5.74) is -0.732. The van der Waals surface area contributed by atoms with E-state index in [0.717, 1.165) is 16.4 Å². The minimum atomic E-state index is -4.15. The average molecular weight is 458 g/mol. The van der Waals surface area contributed by atoms with E-state index in [1.807, 2.05) is 6.07 Å². The molecule has 0 fully saturated rings. The monoisotopic (exact) mass is 458 g/mol. The third-order valence-electron chi connectivity index (χ3n) is 5.48. The molecule has 0 unspecified atom stereocenters. The summed E-state index contributed by atoms with van der Waals surface area (Å²) in [5.74, 6) is -0.604. The van der Waals surface area contributed by atoms with Crippen LogP contribution in [0.4, 0.5) is 8.78 Å². The fourth-order valence-electron chi connectivity index (χ4n) is 3.96. The number of alkyl halides is 1. The van der Waals surface area contributed by atoms with Gasteiger partial charge in [0.2, 0.25) is 0 Å². The molecule has 1 heterocycles. The molecular weight excluding hydrogens is 438 g/mol. The molecule has 0 saturated heterocycles. The van der Waals surface area contributed by atoms with E-state index in [2.05, 4.69) is 0 Å². The maximum Gasteiger partial charge on any atom is 0.264 e. The molecule has 9 heteroatoms. The topological polar surface area (TPSA) is 90.6 Å². The number of aliphatic hydroxyl groups is 1. The van der Waals surface area contributed by atoms with E-state index in [0.29, 0.717) is 0 Å². The largest absolute Gasteiger partial charge is 0.457 e. The molecule has 1 N–H and O–H groups in total. The number of aliphatic hydroxyl groups excluding tert-OH is 1. The summed E-state index contributed by atoms with van der Waals surface area (Å²) >= 11 is 0. The summed E-state index contributed by atoms with van der Waals surface area (Å²) in [4.78, 5) is -0.225. The maximum atomic E-state index is 14.5.